The molecular formula is C30H26N2O4. The number of carbonyl (C=O) groups excluding carboxylic acids is 1. The third kappa shape index (κ3) is 5.48. The number of rotatable bonds is 8. The lowest BCUT2D eigenvalue weighted by molar-refractivity contribution is -0.112. The molecule has 0 aliphatic rings. The Morgan fingerprint density at radius 2 is 1.72 bits per heavy atom. The molecule has 1 N–H and O–H groups in total. The first-order chi connectivity index (χ1) is 17.5. The van der Waals surface area contributed by atoms with Crippen molar-refractivity contribution in [2.24, 2.45) is 0 Å². The van der Waals surface area contributed by atoms with Crippen LogP contribution in [0.15, 0.2) is 84.4 Å². The number of amides is 1. The summed E-state index contributed by atoms with van der Waals surface area (Å²) < 4.78 is 16.8. The average Bonchev–Trinajstić information content (AvgIpc) is 2.91. The second kappa shape index (κ2) is 11.1. The van der Waals surface area contributed by atoms with Crippen molar-refractivity contribution in [2.75, 3.05) is 19.5 Å². The minimum Gasteiger partial charge on any atom is -0.497 e. The lowest BCUT2D eigenvalue weighted by Gasteiger charge is -2.14. The maximum absolute atomic E-state index is 12.6. The van der Waals surface area contributed by atoms with Crippen molar-refractivity contribution in [3.8, 4) is 23.3 Å². The van der Waals surface area contributed by atoms with E-state index in [-0.39, 0.29) is 5.57 Å². The van der Waals surface area contributed by atoms with E-state index in [1.165, 1.54) is 6.08 Å². The minimum absolute atomic E-state index is 0.0343. The second-order valence-corrected chi connectivity index (χ2v) is 8.13. The summed E-state index contributed by atoms with van der Waals surface area (Å²) in [5, 5.41) is 14.6. The van der Waals surface area contributed by atoms with Gasteiger partial charge in [-0.3, -0.25) is 4.79 Å². The number of ether oxygens (including phenoxy) is 3. The van der Waals surface area contributed by atoms with Gasteiger partial charge in [-0.15, -0.1) is 0 Å². The molecule has 4 rings (SSSR count). The molecule has 6 heteroatoms. The summed E-state index contributed by atoms with van der Waals surface area (Å²) in [6.07, 6.45) is 1.51. The molecule has 0 bridgehead atoms. The van der Waals surface area contributed by atoms with Gasteiger partial charge in [-0.25, -0.2) is 0 Å². The number of hydrogen-bond donors (Lipinski definition) is 1. The van der Waals surface area contributed by atoms with E-state index in [0.29, 0.717) is 35.1 Å². The number of hydrogen-bond acceptors (Lipinski definition) is 5. The molecule has 4 aromatic carbocycles. The Morgan fingerprint density at radius 1 is 0.944 bits per heavy atom. The van der Waals surface area contributed by atoms with Crippen LogP contribution in [0.25, 0.3) is 16.8 Å². The van der Waals surface area contributed by atoms with Crippen LogP contribution in [0, 0.1) is 18.3 Å². The molecule has 0 saturated carbocycles. The Hall–Kier alpha value is -4.76. The molecule has 0 aliphatic carbocycles. The highest BCUT2D eigenvalue weighted by molar-refractivity contribution is 6.09. The molecule has 0 heterocycles. The van der Waals surface area contributed by atoms with Gasteiger partial charge in [-0.05, 0) is 71.3 Å². The standard InChI is InChI=1S/C30H26N2O4/c1-20-8-10-22-6-4-5-7-26(22)27(20)19-36-28-15-9-21(17-29(28)35-3)16-23(18-31)30(33)32-24-11-13-25(34-2)14-12-24/h4-17H,19H2,1-3H3,(H,32,33)/b23-16+. The second-order valence-electron chi connectivity index (χ2n) is 8.13. The smallest absolute Gasteiger partial charge is 0.266 e. The number of nitrogens with one attached hydrogen (secondary N) is 1. The summed E-state index contributed by atoms with van der Waals surface area (Å²) >= 11 is 0. The molecule has 0 spiro atoms. The molecule has 0 unspecified atom stereocenters. The SMILES string of the molecule is COc1ccc(NC(=O)/C(C#N)=C/c2ccc(OCc3c(C)ccc4ccccc34)c(OC)c2)cc1. The van der Waals surface area contributed by atoms with Crippen molar-refractivity contribution in [1.29, 1.82) is 5.26 Å². The summed E-state index contributed by atoms with van der Waals surface area (Å²) in [5.41, 5.74) is 3.43. The maximum Gasteiger partial charge on any atom is 0.266 e. The monoisotopic (exact) mass is 478 g/mol. The normalized spacial score (nSPS) is 11.0. The van der Waals surface area contributed by atoms with Crippen LogP contribution in [0.2, 0.25) is 0 Å². The summed E-state index contributed by atoms with van der Waals surface area (Å²) in [4.78, 5) is 12.6. The Morgan fingerprint density at radius 3 is 2.44 bits per heavy atom. The first-order valence-corrected chi connectivity index (χ1v) is 11.4. The van der Waals surface area contributed by atoms with Crippen LogP contribution in [0.4, 0.5) is 5.69 Å². The Balaban J connectivity index is 1.52. The predicted molar refractivity (Wildman–Crippen MR) is 141 cm³/mol. The Bertz CT molecular complexity index is 1470. The molecule has 0 saturated heterocycles. The first kappa shape index (κ1) is 24.4. The van der Waals surface area contributed by atoms with Gasteiger partial charge < -0.3 is 19.5 Å². The molecule has 6 nitrogen and oxygen atoms in total. The number of carbonyl (C=O) groups is 1. The van der Waals surface area contributed by atoms with Gasteiger partial charge in [-0.2, -0.15) is 5.26 Å². The van der Waals surface area contributed by atoms with Gasteiger partial charge >= 0.3 is 0 Å². The van der Waals surface area contributed by atoms with E-state index in [9.17, 15) is 10.1 Å². The molecule has 0 radical (unpaired) electrons. The zero-order chi connectivity index (χ0) is 25.5. The third-order valence-corrected chi connectivity index (χ3v) is 5.86. The molecule has 0 fully saturated rings. The van der Waals surface area contributed by atoms with Crippen LogP contribution in [-0.2, 0) is 11.4 Å². The number of anilines is 1. The largest absolute Gasteiger partial charge is 0.497 e. The zero-order valence-electron chi connectivity index (χ0n) is 20.4. The molecule has 0 aliphatic heterocycles. The van der Waals surface area contributed by atoms with E-state index in [1.807, 2.05) is 18.2 Å². The molecule has 4 aromatic rings. The lowest BCUT2D eigenvalue weighted by atomic mass is 10.0. The van der Waals surface area contributed by atoms with Crippen molar-refractivity contribution >= 4 is 28.4 Å². The van der Waals surface area contributed by atoms with E-state index in [1.54, 1.807) is 56.7 Å². The summed E-state index contributed by atoms with van der Waals surface area (Å²) in [5.74, 6) is 1.25. The fourth-order valence-corrected chi connectivity index (χ4v) is 3.87. The van der Waals surface area contributed by atoms with Gasteiger partial charge in [0, 0.05) is 11.3 Å². The lowest BCUT2D eigenvalue weighted by Crippen LogP contribution is -2.13. The van der Waals surface area contributed by atoms with Gasteiger partial charge in [0.25, 0.3) is 5.91 Å². The highest BCUT2D eigenvalue weighted by Crippen LogP contribution is 2.31. The summed E-state index contributed by atoms with van der Waals surface area (Å²) in [6.45, 7) is 2.45. The number of nitrogens with zero attached hydrogens (tertiary/aromatic N) is 1. The van der Waals surface area contributed by atoms with E-state index in [4.69, 9.17) is 14.2 Å². The van der Waals surface area contributed by atoms with Crippen LogP contribution in [0.3, 0.4) is 0 Å². The Kier molecular flexibility index (Phi) is 7.52. The van der Waals surface area contributed by atoms with Crippen LogP contribution in [-0.4, -0.2) is 20.1 Å². The van der Waals surface area contributed by atoms with Gasteiger partial charge in [0.1, 0.15) is 24.0 Å². The summed E-state index contributed by atoms with van der Waals surface area (Å²) in [7, 11) is 3.12. The number of aryl methyl sites for hydroxylation is 1. The zero-order valence-corrected chi connectivity index (χ0v) is 20.4. The van der Waals surface area contributed by atoms with Gasteiger partial charge in [0.2, 0.25) is 0 Å². The van der Waals surface area contributed by atoms with E-state index in [0.717, 1.165) is 21.9 Å². The van der Waals surface area contributed by atoms with Crippen LogP contribution >= 0.6 is 0 Å². The predicted octanol–water partition coefficient (Wildman–Crippen LogP) is 6.29. The van der Waals surface area contributed by atoms with Gasteiger partial charge in [0.05, 0.1) is 14.2 Å². The highest BCUT2D eigenvalue weighted by atomic mass is 16.5. The van der Waals surface area contributed by atoms with E-state index >= 15 is 0 Å². The number of methoxy groups -OCH3 is 2. The van der Waals surface area contributed by atoms with Crippen molar-refractivity contribution in [2.45, 2.75) is 13.5 Å². The average molecular weight is 479 g/mol. The van der Waals surface area contributed by atoms with E-state index in [2.05, 4.69) is 36.5 Å². The number of fused-ring (bicyclic) bond motifs is 1. The molecule has 0 aromatic heterocycles. The number of benzene rings is 4. The third-order valence-electron chi connectivity index (χ3n) is 5.86. The quantitative estimate of drug-likeness (QED) is 0.238. The minimum atomic E-state index is -0.506. The highest BCUT2D eigenvalue weighted by Gasteiger charge is 2.13. The fraction of sp³-hybridized carbons (Fsp3) is 0.133. The molecule has 0 atom stereocenters. The number of nitriles is 1. The first-order valence-electron chi connectivity index (χ1n) is 11.4. The van der Waals surface area contributed by atoms with Crippen molar-refractivity contribution in [3.63, 3.8) is 0 Å². The topological polar surface area (TPSA) is 80.6 Å². The van der Waals surface area contributed by atoms with Crippen molar-refractivity contribution in [1.82, 2.24) is 0 Å². The summed E-state index contributed by atoms with van der Waals surface area (Å²) in [6, 6.07) is 26.5. The fourth-order valence-electron chi connectivity index (χ4n) is 3.87. The van der Waals surface area contributed by atoms with Crippen LogP contribution < -0.4 is 19.5 Å². The van der Waals surface area contributed by atoms with Crippen LogP contribution in [0.5, 0.6) is 17.2 Å². The molecular weight excluding hydrogens is 452 g/mol. The molecule has 1 amide bonds. The Labute approximate surface area is 210 Å². The van der Waals surface area contributed by atoms with Gasteiger partial charge in [-0.1, -0.05) is 42.5 Å². The molecule has 180 valence electrons. The van der Waals surface area contributed by atoms with E-state index < -0.39 is 5.91 Å². The van der Waals surface area contributed by atoms with Gasteiger partial charge in [0.15, 0.2) is 11.5 Å². The van der Waals surface area contributed by atoms with Crippen molar-refractivity contribution < 1.29 is 19.0 Å². The molecule has 36 heavy (non-hydrogen) atoms. The maximum atomic E-state index is 12.6. The van der Waals surface area contributed by atoms with Crippen LogP contribution in [0.1, 0.15) is 16.7 Å². The van der Waals surface area contributed by atoms with Crippen molar-refractivity contribution in [3.05, 3.63) is 101 Å².